The summed E-state index contributed by atoms with van der Waals surface area (Å²) < 4.78 is 13.6. The highest BCUT2D eigenvalue weighted by molar-refractivity contribution is 9.10. The van der Waals surface area contributed by atoms with Crippen molar-refractivity contribution in [2.45, 2.75) is 26.3 Å². The van der Waals surface area contributed by atoms with Gasteiger partial charge in [-0.05, 0) is 40.0 Å². The zero-order chi connectivity index (χ0) is 13.1. The largest absolute Gasteiger partial charge is 0.299 e. The summed E-state index contributed by atoms with van der Waals surface area (Å²) in [5.74, 6) is 0.315. The molecule has 1 aromatic rings. The Kier molecular flexibility index (Phi) is 4.51. The summed E-state index contributed by atoms with van der Waals surface area (Å²) in [4.78, 5) is 13.9. The number of benzene rings is 1. The lowest BCUT2D eigenvalue weighted by atomic mass is 9.94. The fourth-order valence-corrected chi connectivity index (χ4v) is 2.80. The molecule has 1 saturated heterocycles. The molecule has 1 unspecified atom stereocenters. The number of carbonyl (C=O) groups is 1. The molecule has 0 radical (unpaired) electrons. The van der Waals surface area contributed by atoms with Gasteiger partial charge in [0.25, 0.3) is 0 Å². The van der Waals surface area contributed by atoms with Crippen molar-refractivity contribution >= 4 is 21.7 Å². The summed E-state index contributed by atoms with van der Waals surface area (Å²) >= 11 is 3.20. The van der Waals surface area contributed by atoms with Gasteiger partial charge in [-0.15, -0.1) is 0 Å². The topological polar surface area (TPSA) is 20.3 Å². The van der Waals surface area contributed by atoms with E-state index in [0.29, 0.717) is 16.7 Å². The van der Waals surface area contributed by atoms with Crippen LogP contribution >= 0.6 is 15.9 Å². The van der Waals surface area contributed by atoms with Crippen molar-refractivity contribution in [2.75, 3.05) is 13.1 Å². The van der Waals surface area contributed by atoms with E-state index in [1.54, 1.807) is 6.07 Å². The monoisotopic (exact) mass is 313 g/mol. The van der Waals surface area contributed by atoms with Gasteiger partial charge in [0.15, 0.2) is 0 Å². The highest BCUT2D eigenvalue weighted by Gasteiger charge is 2.25. The zero-order valence-electron chi connectivity index (χ0n) is 10.5. The third-order valence-corrected chi connectivity index (χ3v) is 4.10. The first-order chi connectivity index (χ1) is 8.60. The molecule has 0 amide bonds. The maximum absolute atomic E-state index is 13.1. The first-order valence-electron chi connectivity index (χ1n) is 6.29. The molecular weight excluding hydrogens is 297 g/mol. The minimum atomic E-state index is -0.237. The fraction of sp³-hybridized carbons (Fsp3) is 0.500. The van der Waals surface area contributed by atoms with E-state index >= 15 is 0 Å². The van der Waals surface area contributed by atoms with Crippen molar-refractivity contribution in [3.8, 4) is 0 Å². The Morgan fingerprint density at radius 3 is 2.94 bits per heavy atom. The highest BCUT2D eigenvalue weighted by Crippen LogP contribution is 2.21. The molecule has 1 atom stereocenters. The second-order valence-corrected chi connectivity index (χ2v) is 5.66. The van der Waals surface area contributed by atoms with Crippen molar-refractivity contribution in [1.29, 1.82) is 0 Å². The predicted octanol–water partition coefficient (Wildman–Crippen LogP) is 3.39. The maximum atomic E-state index is 13.1. The van der Waals surface area contributed by atoms with Crippen LogP contribution < -0.4 is 0 Å². The van der Waals surface area contributed by atoms with E-state index in [0.717, 1.165) is 31.6 Å². The molecule has 0 bridgehead atoms. The lowest BCUT2D eigenvalue weighted by molar-refractivity contribution is -0.126. The fourth-order valence-electron chi connectivity index (χ4n) is 2.37. The van der Waals surface area contributed by atoms with Gasteiger partial charge < -0.3 is 0 Å². The minimum absolute atomic E-state index is 0.169. The van der Waals surface area contributed by atoms with E-state index in [-0.39, 0.29) is 11.7 Å². The number of nitrogens with zero attached hydrogens (tertiary/aromatic N) is 1. The van der Waals surface area contributed by atoms with E-state index in [4.69, 9.17) is 0 Å². The summed E-state index contributed by atoms with van der Waals surface area (Å²) in [7, 11) is 0. The van der Waals surface area contributed by atoms with E-state index < -0.39 is 0 Å². The third-order valence-electron chi connectivity index (χ3n) is 3.49. The standard InChI is InChI=1S/C14H17BrFNO/c1-2-11-9-17(6-5-14(11)18)8-10-3-4-13(16)12(15)7-10/h3-4,7,11H,2,5-6,8-9H2,1H3. The molecule has 0 aliphatic carbocycles. The summed E-state index contributed by atoms with van der Waals surface area (Å²) in [6.45, 7) is 4.47. The van der Waals surface area contributed by atoms with Gasteiger partial charge in [0.2, 0.25) is 0 Å². The Hall–Kier alpha value is -0.740. The average molecular weight is 314 g/mol. The number of likely N-dealkylation sites (tertiary alicyclic amines) is 1. The minimum Gasteiger partial charge on any atom is -0.299 e. The summed E-state index contributed by atoms with van der Waals surface area (Å²) in [6.07, 6.45) is 1.54. The molecule has 98 valence electrons. The van der Waals surface area contributed by atoms with Gasteiger partial charge in [-0.1, -0.05) is 13.0 Å². The Morgan fingerprint density at radius 1 is 1.50 bits per heavy atom. The average Bonchev–Trinajstić information content (AvgIpc) is 2.36. The molecule has 0 saturated carbocycles. The smallest absolute Gasteiger partial charge is 0.138 e. The molecule has 4 heteroatoms. The van der Waals surface area contributed by atoms with Gasteiger partial charge in [0.05, 0.1) is 4.47 Å². The molecular formula is C14H17BrFNO. The van der Waals surface area contributed by atoms with Gasteiger partial charge in [-0.2, -0.15) is 0 Å². The molecule has 1 aromatic carbocycles. The van der Waals surface area contributed by atoms with E-state index in [1.807, 2.05) is 6.07 Å². The molecule has 2 nitrogen and oxygen atoms in total. The SMILES string of the molecule is CCC1CN(Cc2ccc(F)c(Br)c2)CCC1=O. The molecule has 1 heterocycles. The van der Waals surface area contributed by atoms with Gasteiger partial charge >= 0.3 is 0 Å². The van der Waals surface area contributed by atoms with Crippen LogP contribution in [0.25, 0.3) is 0 Å². The first kappa shape index (κ1) is 13.7. The molecule has 0 aromatic heterocycles. The van der Waals surface area contributed by atoms with Crippen molar-refractivity contribution < 1.29 is 9.18 Å². The van der Waals surface area contributed by atoms with Crippen molar-refractivity contribution in [2.24, 2.45) is 5.92 Å². The number of ketones is 1. The number of Topliss-reactive ketones (excluding diaryl/α,β-unsaturated/α-hetero) is 1. The quantitative estimate of drug-likeness (QED) is 0.852. The number of hydrogen-bond donors (Lipinski definition) is 0. The van der Waals surface area contributed by atoms with Crippen LogP contribution in [0.1, 0.15) is 25.3 Å². The number of rotatable bonds is 3. The van der Waals surface area contributed by atoms with Gasteiger partial charge in [-0.3, -0.25) is 9.69 Å². The predicted molar refractivity (Wildman–Crippen MR) is 72.8 cm³/mol. The number of carbonyl (C=O) groups excluding carboxylic acids is 1. The molecule has 2 rings (SSSR count). The highest BCUT2D eigenvalue weighted by atomic mass is 79.9. The number of hydrogen-bond acceptors (Lipinski definition) is 2. The number of halogens is 2. The normalized spacial score (nSPS) is 21.3. The summed E-state index contributed by atoms with van der Waals surface area (Å²) in [6, 6.07) is 5.09. The molecule has 0 spiro atoms. The zero-order valence-corrected chi connectivity index (χ0v) is 12.0. The Morgan fingerprint density at radius 2 is 2.28 bits per heavy atom. The van der Waals surface area contributed by atoms with Crippen LogP contribution in [0.4, 0.5) is 4.39 Å². The second-order valence-electron chi connectivity index (χ2n) is 4.81. The lowest BCUT2D eigenvalue weighted by Gasteiger charge is -2.31. The summed E-state index contributed by atoms with van der Waals surface area (Å²) in [5, 5.41) is 0. The van der Waals surface area contributed by atoms with Crippen LogP contribution in [0.5, 0.6) is 0 Å². The Balaban J connectivity index is 2.01. The van der Waals surface area contributed by atoms with E-state index in [2.05, 4.69) is 27.8 Å². The van der Waals surface area contributed by atoms with Crippen LogP contribution in [0, 0.1) is 11.7 Å². The van der Waals surface area contributed by atoms with Crippen LogP contribution in [0.2, 0.25) is 0 Å². The summed E-state index contributed by atoms with van der Waals surface area (Å²) in [5.41, 5.74) is 1.08. The Bertz CT molecular complexity index is 449. The van der Waals surface area contributed by atoms with E-state index in [1.165, 1.54) is 6.07 Å². The van der Waals surface area contributed by atoms with Crippen molar-refractivity contribution in [3.63, 3.8) is 0 Å². The van der Waals surface area contributed by atoms with Crippen LogP contribution in [0.15, 0.2) is 22.7 Å². The molecule has 1 aliphatic rings. The molecule has 1 aliphatic heterocycles. The van der Waals surface area contributed by atoms with Crippen LogP contribution in [0.3, 0.4) is 0 Å². The van der Waals surface area contributed by atoms with Crippen molar-refractivity contribution in [1.82, 2.24) is 4.90 Å². The van der Waals surface area contributed by atoms with E-state index in [9.17, 15) is 9.18 Å². The first-order valence-corrected chi connectivity index (χ1v) is 7.08. The molecule has 1 fully saturated rings. The van der Waals surface area contributed by atoms with Gasteiger partial charge in [0.1, 0.15) is 11.6 Å². The molecule has 0 N–H and O–H groups in total. The second kappa shape index (κ2) is 5.93. The third kappa shape index (κ3) is 3.18. The van der Waals surface area contributed by atoms with Crippen LogP contribution in [-0.2, 0) is 11.3 Å². The molecule has 18 heavy (non-hydrogen) atoms. The Labute approximate surface area is 115 Å². The van der Waals surface area contributed by atoms with Crippen LogP contribution in [-0.4, -0.2) is 23.8 Å². The lowest BCUT2D eigenvalue weighted by Crippen LogP contribution is -2.40. The van der Waals surface area contributed by atoms with Gasteiger partial charge in [-0.25, -0.2) is 4.39 Å². The maximum Gasteiger partial charge on any atom is 0.138 e. The van der Waals surface area contributed by atoms with Gasteiger partial charge in [0, 0.05) is 32.0 Å². The number of piperidine rings is 1. The van der Waals surface area contributed by atoms with Crippen molar-refractivity contribution in [3.05, 3.63) is 34.1 Å².